The van der Waals surface area contributed by atoms with Gasteiger partial charge in [-0.15, -0.1) is 0 Å². The Labute approximate surface area is 348 Å². The van der Waals surface area contributed by atoms with Crippen molar-refractivity contribution < 1.29 is 28.7 Å². The van der Waals surface area contributed by atoms with Crippen LogP contribution in [0.15, 0.2) is 48.8 Å². The normalized spacial score (nSPS) is 14.3. The maximum absolute atomic E-state index is 13.7. The Hall–Kier alpha value is -6.54. The highest BCUT2D eigenvalue weighted by Crippen LogP contribution is 2.37. The number of anilines is 4. The van der Waals surface area contributed by atoms with E-state index in [2.05, 4.69) is 52.5 Å². The lowest BCUT2D eigenvalue weighted by Crippen LogP contribution is -2.34. The smallest absolute Gasteiger partial charge is 0.274 e. The number of unbranched alkanes of at least 4 members (excludes halogenated alkanes) is 2. The van der Waals surface area contributed by atoms with Crippen LogP contribution in [0.3, 0.4) is 0 Å². The molecule has 2 fully saturated rings. The number of carbonyl (C=O) groups is 4. The van der Waals surface area contributed by atoms with Gasteiger partial charge in [-0.1, -0.05) is 12.1 Å². The van der Waals surface area contributed by atoms with Gasteiger partial charge < -0.3 is 63.5 Å². The first-order valence-corrected chi connectivity index (χ1v) is 20.3. The van der Waals surface area contributed by atoms with Gasteiger partial charge in [0.15, 0.2) is 23.4 Å². The number of guanidine groups is 2. The third kappa shape index (κ3) is 14.4. The molecule has 0 radical (unpaired) electrons. The second kappa shape index (κ2) is 23.2. The molecule has 20 nitrogen and oxygen atoms in total. The van der Waals surface area contributed by atoms with Crippen LogP contribution in [0, 0.1) is 10.8 Å². The van der Waals surface area contributed by atoms with Crippen molar-refractivity contribution >= 4 is 58.3 Å². The van der Waals surface area contributed by atoms with Gasteiger partial charge in [0.2, 0.25) is 11.8 Å². The van der Waals surface area contributed by atoms with Gasteiger partial charge in [0.05, 0.1) is 22.7 Å². The van der Waals surface area contributed by atoms with Crippen LogP contribution >= 0.6 is 0 Å². The lowest BCUT2D eigenvalue weighted by atomic mass is 10.1. The summed E-state index contributed by atoms with van der Waals surface area (Å²) in [6.45, 7) is 3.99. The molecule has 0 unspecified atom stereocenters. The Balaban J connectivity index is 1.30. The molecule has 3 aromatic rings. The van der Waals surface area contributed by atoms with Gasteiger partial charge in [0, 0.05) is 32.0 Å². The third-order valence-electron chi connectivity index (χ3n) is 9.64. The van der Waals surface area contributed by atoms with E-state index in [1.54, 1.807) is 36.4 Å². The molecule has 0 spiro atoms. The van der Waals surface area contributed by atoms with Crippen molar-refractivity contribution in [2.45, 2.75) is 76.4 Å². The van der Waals surface area contributed by atoms with E-state index in [9.17, 15) is 19.2 Å². The summed E-state index contributed by atoms with van der Waals surface area (Å²) in [5.74, 6) is -1.41. The third-order valence-corrected chi connectivity index (χ3v) is 9.64. The van der Waals surface area contributed by atoms with Crippen LogP contribution in [-0.2, 0) is 9.59 Å². The number of ether oxygens (including phenoxy) is 2. The van der Waals surface area contributed by atoms with E-state index in [-0.39, 0.29) is 60.2 Å². The number of hydrogen-bond donors (Lipinski definition) is 12. The van der Waals surface area contributed by atoms with E-state index in [1.165, 1.54) is 6.07 Å². The first kappa shape index (κ1) is 44.6. The molecule has 322 valence electrons. The van der Waals surface area contributed by atoms with Gasteiger partial charge in [-0.05, 0) is 102 Å². The molecule has 2 saturated heterocycles. The number of nitrogens with one attached hydrogen (secondary N) is 10. The van der Waals surface area contributed by atoms with Crippen molar-refractivity contribution in [3.05, 3.63) is 60.2 Å². The maximum atomic E-state index is 13.7. The summed E-state index contributed by atoms with van der Waals surface area (Å²) < 4.78 is 12.8. The predicted octanol–water partition coefficient (Wildman–Crippen LogP) is 2.43. The molecule has 5 rings (SSSR count). The van der Waals surface area contributed by atoms with Gasteiger partial charge in [-0.3, -0.25) is 30.0 Å². The van der Waals surface area contributed by atoms with Crippen molar-refractivity contribution in [2.24, 2.45) is 11.5 Å². The Kier molecular flexibility index (Phi) is 17.2. The molecule has 3 heterocycles. The standard InChI is InChI=1S/C40H56N14O6/c41-39(42)47-17-3-1-11-33(55)51-27-7-5-9-29(35(27)59-25-13-19-45-20-14-25)53-37(57)31-23-32(50-24-49-31)38(58)54-30-10-6-8-28(36(30)60-26-15-21-46-22-16-26)52-34(56)12-2-4-18-48-40(43)44/h5-10,23-26,45-46H,1-4,11-22H2,(H,51,55)(H,52,56)(H,53,57)(H,54,58)(H4,41,42,47)(H4,43,44,48). The number of benzene rings is 2. The number of para-hydroxylation sites is 2. The van der Waals surface area contributed by atoms with Crippen LogP contribution < -0.4 is 63.5 Å². The van der Waals surface area contributed by atoms with Gasteiger partial charge in [-0.25, -0.2) is 9.97 Å². The second-order valence-corrected chi connectivity index (χ2v) is 14.4. The first-order chi connectivity index (χ1) is 29.0. The predicted molar refractivity (Wildman–Crippen MR) is 229 cm³/mol. The Morgan fingerprint density at radius 1 is 0.617 bits per heavy atom. The summed E-state index contributed by atoms with van der Waals surface area (Å²) in [4.78, 5) is 61.7. The van der Waals surface area contributed by atoms with E-state index in [0.29, 0.717) is 73.0 Å². The summed E-state index contributed by atoms with van der Waals surface area (Å²) >= 11 is 0. The van der Waals surface area contributed by atoms with Crippen LogP contribution in [0.25, 0.3) is 0 Å². The molecule has 0 aliphatic carbocycles. The summed E-state index contributed by atoms with van der Waals surface area (Å²) in [7, 11) is 0. The highest BCUT2D eigenvalue weighted by atomic mass is 16.5. The summed E-state index contributed by atoms with van der Waals surface area (Å²) in [5, 5.41) is 38.1. The van der Waals surface area contributed by atoms with Gasteiger partial charge in [0.25, 0.3) is 11.8 Å². The van der Waals surface area contributed by atoms with Gasteiger partial charge in [0.1, 0.15) is 29.9 Å². The zero-order chi connectivity index (χ0) is 42.7. The van der Waals surface area contributed by atoms with Crippen molar-refractivity contribution in [3.8, 4) is 11.5 Å². The number of rotatable bonds is 20. The molecular formula is C40H56N14O6. The highest BCUT2D eigenvalue weighted by molar-refractivity contribution is 6.08. The topological polar surface area (TPSA) is 308 Å². The highest BCUT2D eigenvalue weighted by Gasteiger charge is 2.24. The Morgan fingerprint density at radius 3 is 1.38 bits per heavy atom. The molecule has 2 aromatic carbocycles. The van der Waals surface area contributed by atoms with Crippen LogP contribution in [0.5, 0.6) is 11.5 Å². The lowest BCUT2D eigenvalue weighted by molar-refractivity contribution is -0.117. The minimum atomic E-state index is -0.639. The number of aromatic nitrogens is 2. The maximum Gasteiger partial charge on any atom is 0.274 e. The van der Waals surface area contributed by atoms with E-state index in [4.69, 9.17) is 31.8 Å². The minimum absolute atomic E-state index is 0.0951. The number of carbonyl (C=O) groups excluding carboxylic acids is 4. The molecule has 0 bridgehead atoms. The zero-order valence-corrected chi connectivity index (χ0v) is 33.6. The van der Waals surface area contributed by atoms with E-state index in [1.807, 2.05) is 0 Å². The molecule has 4 amide bonds. The molecule has 2 aliphatic heterocycles. The fourth-order valence-electron chi connectivity index (χ4n) is 6.55. The number of nitrogens with two attached hydrogens (primary N) is 2. The molecule has 20 heteroatoms. The zero-order valence-electron chi connectivity index (χ0n) is 33.6. The van der Waals surface area contributed by atoms with Crippen LogP contribution in [0.2, 0.25) is 0 Å². The molecular weight excluding hydrogens is 773 g/mol. The van der Waals surface area contributed by atoms with E-state index < -0.39 is 11.8 Å². The Morgan fingerprint density at radius 2 is 1.00 bits per heavy atom. The second-order valence-electron chi connectivity index (χ2n) is 14.4. The molecule has 14 N–H and O–H groups in total. The number of amides is 4. The van der Waals surface area contributed by atoms with Crippen molar-refractivity contribution in [2.75, 3.05) is 60.5 Å². The van der Waals surface area contributed by atoms with Crippen LogP contribution in [0.1, 0.15) is 85.2 Å². The Bertz CT molecular complexity index is 1830. The monoisotopic (exact) mass is 828 g/mol. The molecule has 1 aromatic heterocycles. The average Bonchev–Trinajstić information content (AvgIpc) is 3.23. The van der Waals surface area contributed by atoms with Crippen LogP contribution in [-0.4, -0.2) is 97.0 Å². The lowest BCUT2D eigenvalue weighted by Gasteiger charge is -2.26. The quantitative estimate of drug-likeness (QED) is 0.0443. The average molecular weight is 829 g/mol. The molecule has 0 atom stereocenters. The number of piperidine rings is 2. The van der Waals surface area contributed by atoms with Gasteiger partial charge >= 0.3 is 0 Å². The molecule has 0 saturated carbocycles. The summed E-state index contributed by atoms with van der Waals surface area (Å²) in [6, 6.07) is 11.4. The fraction of sp³-hybridized carbons (Fsp3) is 0.450. The minimum Gasteiger partial charge on any atom is -0.486 e. The van der Waals surface area contributed by atoms with Crippen molar-refractivity contribution in [1.82, 2.24) is 31.2 Å². The van der Waals surface area contributed by atoms with E-state index >= 15 is 0 Å². The number of nitrogens with zero attached hydrogens (tertiary/aromatic N) is 2. The summed E-state index contributed by atoms with van der Waals surface area (Å²) in [6.07, 6.45) is 6.55. The largest absolute Gasteiger partial charge is 0.486 e. The van der Waals surface area contributed by atoms with Crippen molar-refractivity contribution in [3.63, 3.8) is 0 Å². The van der Waals surface area contributed by atoms with E-state index in [0.717, 1.165) is 58.2 Å². The SMILES string of the molecule is N=C(N)NCCCCC(=O)Nc1cccc(NC(=O)c2cc(C(=O)Nc3cccc(NC(=O)CCCCNC(=N)N)c3OC3CCNCC3)ncn2)c1OC1CCNCC1. The molecule has 2 aliphatic rings. The van der Waals surface area contributed by atoms with Crippen molar-refractivity contribution in [1.29, 1.82) is 10.8 Å². The number of hydrogen-bond acceptors (Lipinski definition) is 12. The van der Waals surface area contributed by atoms with Gasteiger partial charge in [-0.2, -0.15) is 0 Å². The van der Waals surface area contributed by atoms with Crippen LogP contribution in [0.4, 0.5) is 22.7 Å². The molecule has 60 heavy (non-hydrogen) atoms. The fourth-order valence-corrected chi connectivity index (χ4v) is 6.55. The summed E-state index contributed by atoms with van der Waals surface area (Å²) in [5.41, 5.74) is 11.9. The first-order valence-electron chi connectivity index (χ1n) is 20.3.